The maximum atomic E-state index is 5.70. The van der Waals surface area contributed by atoms with Gasteiger partial charge in [0.25, 0.3) is 0 Å². The molecule has 1 aromatic rings. The summed E-state index contributed by atoms with van der Waals surface area (Å²) in [5, 5.41) is 0. The van der Waals surface area contributed by atoms with Crippen molar-refractivity contribution < 1.29 is 9.47 Å². The minimum atomic E-state index is 0.155. The highest BCUT2D eigenvalue weighted by Gasteiger charge is 2.26. The molecule has 1 aromatic heterocycles. The smallest absolute Gasteiger partial charge is 0.205 e. The van der Waals surface area contributed by atoms with E-state index in [2.05, 4.69) is 20.3 Å². The molecule has 1 saturated heterocycles. The van der Waals surface area contributed by atoms with E-state index < -0.39 is 0 Å². The second-order valence-corrected chi connectivity index (χ2v) is 4.39. The summed E-state index contributed by atoms with van der Waals surface area (Å²) in [5.41, 5.74) is 2.51. The molecule has 18 heavy (non-hydrogen) atoms. The first kappa shape index (κ1) is 12.8. The van der Waals surface area contributed by atoms with Gasteiger partial charge in [-0.1, -0.05) is 0 Å². The summed E-state index contributed by atoms with van der Waals surface area (Å²) in [4.78, 5) is 10.4. The number of hydrogen-bond donors (Lipinski definition) is 2. The van der Waals surface area contributed by atoms with Crippen molar-refractivity contribution in [3.05, 3.63) is 6.33 Å². The van der Waals surface area contributed by atoms with Gasteiger partial charge in [0.2, 0.25) is 5.75 Å². The summed E-state index contributed by atoms with van der Waals surface area (Å²) in [7, 11) is 1.58. The molecule has 7 nitrogen and oxygen atoms in total. The lowest BCUT2D eigenvalue weighted by atomic mass is 10.2. The molecule has 0 unspecified atom stereocenters. The fourth-order valence-corrected chi connectivity index (χ4v) is 2.23. The van der Waals surface area contributed by atoms with Gasteiger partial charge in [-0.05, 0) is 13.8 Å². The third-order valence-electron chi connectivity index (χ3n) is 2.85. The van der Waals surface area contributed by atoms with Crippen LogP contribution in [0.3, 0.4) is 0 Å². The van der Waals surface area contributed by atoms with Gasteiger partial charge in [0.05, 0.1) is 19.3 Å². The van der Waals surface area contributed by atoms with Crippen molar-refractivity contribution in [1.82, 2.24) is 9.97 Å². The monoisotopic (exact) mass is 253 g/mol. The Morgan fingerprint density at radius 3 is 2.61 bits per heavy atom. The number of morpholine rings is 1. The van der Waals surface area contributed by atoms with Crippen molar-refractivity contribution in [2.75, 3.05) is 30.5 Å². The van der Waals surface area contributed by atoms with Crippen LogP contribution in [0.15, 0.2) is 6.33 Å². The van der Waals surface area contributed by atoms with Gasteiger partial charge in [-0.3, -0.25) is 0 Å². The molecule has 0 aliphatic carbocycles. The Labute approximate surface area is 106 Å². The van der Waals surface area contributed by atoms with Crippen LogP contribution in [0, 0.1) is 0 Å². The summed E-state index contributed by atoms with van der Waals surface area (Å²) >= 11 is 0. The molecule has 2 rings (SSSR count). The van der Waals surface area contributed by atoms with Crippen LogP contribution in [0.1, 0.15) is 13.8 Å². The number of aromatic nitrogens is 2. The first-order valence-corrected chi connectivity index (χ1v) is 5.91. The van der Waals surface area contributed by atoms with Crippen LogP contribution in [-0.2, 0) is 4.74 Å². The SMILES string of the molecule is COc1c(NN)ncnc1N1C[C@@H](C)O[C@@H](C)C1. The largest absolute Gasteiger partial charge is 0.490 e. The molecule has 2 heterocycles. The number of methoxy groups -OCH3 is 1. The van der Waals surface area contributed by atoms with Crippen LogP contribution >= 0.6 is 0 Å². The number of nitrogens with one attached hydrogen (secondary N) is 1. The topological polar surface area (TPSA) is 85.5 Å². The lowest BCUT2D eigenvalue weighted by Crippen LogP contribution is -2.46. The Hall–Kier alpha value is -1.60. The van der Waals surface area contributed by atoms with Crippen molar-refractivity contribution in [2.45, 2.75) is 26.1 Å². The average Bonchev–Trinajstić information content (AvgIpc) is 2.36. The average molecular weight is 253 g/mol. The molecule has 3 N–H and O–H groups in total. The number of anilines is 2. The summed E-state index contributed by atoms with van der Waals surface area (Å²) < 4.78 is 11.0. The third-order valence-corrected chi connectivity index (χ3v) is 2.85. The van der Waals surface area contributed by atoms with E-state index in [0.717, 1.165) is 18.9 Å². The van der Waals surface area contributed by atoms with Crippen LogP contribution in [0.25, 0.3) is 0 Å². The highest BCUT2D eigenvalue weighted by Crippen LogP contribution is 2.32. The third kappa shape index (κ3) is 2.46. The fraction of sp³-hybridized carbons (Fsp3) is 0.636. The summed E-state index contributed by atoms with van der Waals surface area (Å²) in [6, 6.07) is 0. The van der Waals surface area contributed by atoms with Crippen LogP contribution in [0.5, 0.6) is 5.75 Å². The lowest BCUT2D eigenvalue weighted by Gasteiger charge is -2.36. The van der Waals surface area contributed by atoms with Crippen molar-refractivity contribution in [3.8, 4) is 5.75 Å². The van der Waals surface area contributed by atoms with Gasteiger partial charge in [-0.25, -0.2) is 15.8 Å². The van der Waals surface area contributed by atoms with Gasteiger partial charge >= 0.3 is 0 Å². The van der Waals surface area contributed by atoms with Gasteiger partial charge in [-0.2, -0.15) is 0 Å². The summed E-state index contributed by atoms with van der Waals surface area (Å²) in [6.45, 7) is 5.61. The standard InChI is InChI=1S/C11H19N5O2/c1-7-4-16(5-8(2)18-7)11-9(17-3)10(15-12)13-6-14-11/h6-8H,4-5,12H2,1-3H3,(H,13,14,15)/t7-,8+. The zero-order valence-corrected chi connectivity index (χ0v) is 10.9. The van der Waals surface area contributed by atoms with Crippen LogP contribution in [0.2, 0.25) is 0 Å². The van der Waals surface area contributed by atoms with Gasteiger partial charge in [0, 0.05) is 13.1 Å². The lowest BCUT2D eigenvalue weighted by molar-refractivity contribution is -0.00558. The Bertz CT molecular complexity index is 404. The van der Waals surface area contributed by atoms with E-state index in [1.165, 1.54) is 6.33 Å². The molecule has 1 fully saturated rings. The summed E-state index contributed by atoms with van der Waals surface area (Å²) in [5.74, 6) is 7.19. The Morgan fingerprint density at radius 2 is 2.06 bits per heavy atom. The van der Waals surface area contributed by atoms with Crippen LogP contribution in [-0.4, -0.2) is 42.4 Å². The van der Waals surface area contributed by atoms with Crippen LogP contribution in [0.4, 0.5) is 11.6 Å². The Kier molecular flexibility index (Phi) is 3.83. The molecule has 0 spiro atoms. The number of hydrazine groups is 1. The van der Waals surface area contributed by atoms with Gasteiger partial charge in [0.15, 0.2) is 11.6 Å². The maximum absolute atomic E-state index is 5.70. The zero-order valence-electron chi connectivity index (χ0n) is 10.9. The van der Waals surface area contributed by atoms with Crippen LogP contribution < -0.4 is 20.9 Å². The van der Waals surface area contributed by atoms with E-state index in [-0.39, 0.29) is 12.2 Å². The molecule has 0 saturated carbocycles. The first-order chi connectivity index (χ1) is 8.65. The van der Waals surface area contributed by atoms with Gasteiger partial charge in [-0.15, -0.1) is 0 Å². The molecule has 100 valence electrons. The quantitative estimate of drug-likeness (QED) is 0.595. The molecule has 7 heteroatoms. The second kappa shape index (κ2) is 5.36. The Morgan fingerprint density at radius 1 is 1.39 bits per heavy atom. The normalized spacial score (nSPS) is 23.9. The van der Waals surface area contributed by atoms with E-state index in [1.54, 1.807) is 7.11 Å². The molecular weight excluding hydrogens is 234 g/mol. The highest BCUT2D eigenvalue weighted by molar-refractivity contribution is 5.64. The molecule has 0 aromatic carbocycles. The van der Waals surface area contributed by atoms with Gasteiger partial charge in [0.1, 0.15) is 6.33 Å². The van der Waals surface area contributed by atoms with Crippen molar-refractivity contribution >= 4 is 11.6 Å². The predicted molar refractivity (Wildman–Crippen MR) is 68.6 cm³/mol. The minimum absolute atomic E-state index is 0.155. The molecule has 1 aliphatic rings. The highest BCUT2D eigenvalue weighted by atomic mass is 16.5. The number of nitrogens with zero attached hydrogens (tertiary/aromatic N) is 3. The van der Waals surface area contributed by atoms with Gasteiger partial charge < -0.3 is 19.8 Å². The number of nitrogen functional groups attached to an aromatic ring is 1. The number of rotatable bonds is 3. The van der Waals surface area contributed by atoms with E-state index in [1.807, 2.05) is 13.8 Å². The summed E-state index contributed by atoms with van der Waals surface area (Å²) in [6.07, 6.45) is 1.78. The second-order valence-electron chi connectivity index (χ2n) is 4.39. The molecule has 0 bridgehead atoms. The number of ether oxygens (including phenoxy) is 2. The molecule has 1 aliphatic heterocycles. The van der Waals surface area contributed by atoms with Crippen molar-refractivity contribution in [1.29, 1.82) is 0 Å². The maximum Gasteiger partial charge on any atom is 0.205 e. The fourth-order valence-electron chi connectivity index (χ4n) is 2.23. The number of nitrogens with two attached hydrogens (primary N) is 1. The van der Waals surface area contributed by atoms with E-state index in [4.69, 9.17) is 15.3 Å². The van der Waals surface area contributed by atoms with Crippen molar-refractivity contribution in [2.24, 2.45) is 5.84 Å². The predicted octanol–water partition coefficient (Wildman–Crippen LogP) is 0.384. The molecule has 0 amide bonds. The van der Waals surface area contributed by atoms with E-state index >= 15 is 0 Å². The van der Waals surface area contributed by atoms with E-state index in [9.17, 15) is 0 Å². The first-order valence-electron chi connectivity index (χ1n) is 5.91. The van der Waals surface area contributed by atoms with Crippen molar-refractivity contribution in [3.63, 3.8) is 0 Å². The molecule has 0 radical (unpaired) electrons. The molecular formula is C11H19N5O2. The number of hydrogen-bond acceptors (Lipinski definition) is 7. The molecule has 2 atom stereocenters. The Balaban J connectivity index is 2.32. The van der Waals surface area contributed by atoms with E-state index in [0.29, 0.717) is 11.6 Å². The zero-order chi connectivity index (χ0) is 13.1. The minimum Gasteiger partial charge on any atom is -0.490 e.